The van der Waals surface area contributed by atoms with E-state index in [1.54, 1.807) is 36.4 Å². The van der Waals surface area contributed by atoms with Gasteiger partial charge in [-0.1, -0.05) is 54.6 Å². The molecule has 1 amide bonds. The maximum Gasteiger partial charge on any atom is 0.261 e. The number of nitrogens with one attached hydrogen (secondary N) is 2. The molecule has 138 valence electrons. The van der Waals surface area contributed by atoms with E-state index in [2.05, 4.69) is 10.0 Å². The zero-order chi connectivity index (χ0) is 19.3. The molecule has 0 heterocycles. The summed E-state index contributed by atoms with van der Waals surface area (Å²) < 4.78 is 27.4. The molecule has 0 saturated carbocycles. The lowest BCUT2D eigenvalue weighted by molar-refractivity contribution is 0.0940. The van der Waals surface area contributed by atoms with Crippen LogP contribution in [-0.2, 0) is 10.0 Å². The van der Waals surface area contributed by atoms with Crippen molar-refractivity contribution in [2.24, 2.45) is 0 Å². The Morgan fingerprint density at radius 3 is 2.15 bits per heavy atom. The van der Waals surface area contributed by atoms with Gasteiger partial charge in [-0.25, -0.2) is 8.42 Å². The second-order valence-corrected chi connectivity index (χ2v) is 7.79. The summed E-state index contributed by atoms with van der Waals surface area (Å²) in [5, 5.41) is 2.92. The number of amides is 1. The minimum atomic E-state index is -3.70. The summed E-state index contributed by atoms with van der Waals surface area (Å²) in [7, 11) is -3.70. The van der Waals surface area contributed by atoms with Crippen LogP contribution < -0.4 is 10.0 Å². The van der Waals surface area contributed by atoms with Crippen molar-refractivity contribution in [3.05, 3.63) is 96.1 Å². The minimum Gasteiger partial charge on any atom is -0.346 e. The molecule has 0 saturated heterocycles. The van der Waals surface area contributed by atoms with Crippen molar-refractivity contribution in [3.8, 4) is 0 Å². The third-order valence-corrected chi connectivity index (χ3v) is 5.47. The van der Waals surface area contributed by atoms with Gasteiger partial charge in [-0.2, -0.15) is 0 Å². The van der Waals surface area contributed by atoms with Crippen LogP contribution >= 0.6 is 0 Å². The summed E-state index contributed by atoms with van der Waals surface area (Å²) in [6.07, 6.45) is 0. The van der Waals surface area contributed by atoms with E-state index in [9.17, 15) is 13.2 Å². The molecule has 0 radical (unpaired) electrons. The molecule has 3 rings (SSSR count). The summed E-state index contributed by atoms with van der Waals surface area (Å²) in [4.78, 5) is 12.7. The van der Waals surface area contributed by atoms with E-state index in [0.29, 0.717) is 11.3 Å². The highest BCUT2D eigenvalue weighted by Crippen LogP contribution is 2.18. The molecule has 0 spiro atoms. The summed E-state index contributed by atoms with van der Waals surface area (Å²) >= 11 is 0. The standard InChI is InChI=1S/C21H20N2O3S/c1-16(17-9-4-2-5-10-17)22-21(24)18-11-8-12-19(15-18)23-27(25,26)20-13-6-3-7-14-20/h2-16,23H,1H3,(H,22,24)/t16-/m0/s1. The van der Waals surface area contributed by atoms with Crippen LogP contribution in [0.4, 0.5) is 5.69 Å². The fraction of sp³-hybridized carbons (Fsp3) is 0.0952. The van der Waals surface area contributed by atoms with Crippen molar-refractivity contribution in [2.75, 3.05) is 4.72 Å². The molecule has 0 aliphatic heterocycles. The molecule has 27 heavy (non-hydrogen) atoms. The average molecular weight is 380 g/mol. The molecule has 3 aromatic carbocycles. The molecule has 6 heteroatoms. The zero-order valence-corrected chi connectivity index (χ0v) is 15.6. The van der Waals surface area contributed by atoms with Gasteiger partial charge in [0.2, 0.25) is 0 Å². The number of carbonyl (C=O) groups excluding carboxylic acids is 1. The predicted molar refractivity (Wildman–Crippen MR) is 106 cm³/mol. The monoisotopic (exact) mass is 380 g/mol. The molecule has 1 atom stereocenters. The van der Waals surface area contributed by atoms with Gasteiger partial charge in [0.05, 0.1) is 10.9 Å². The van der Waals surface area contributed by atoms with Crippen LogP contribution in [0.2, 0.25) is 0 Å². The van der Waals surface area contributed by atoms with Gasteiger partial charge in [0.1, 0.15) is 0 Å². The third kappa shape index (κ3) is 4.74. The highest BCUT2D eigenvalue weighted by Gasteiger charge is 2.15. The summed E-state index contributed by atoms with van der Waals surface area (Å²) in [5.74, 6) is -0.271. The Bertz CT molecular complexity index is 1020. The molecule has 0 aliphatic rings. The van der Waals surface area contributed by atoms with E-state index in [4.69, 9.17) is 0 Å². The van der Waals surface area contributed by atoms with Gasteiger partial charge in [-0.05, 0) is 42.8 Å². The van der Waals surface area contributed by atoms with Crippen molar-refractivity contribution in [3.63, 3.8) is 0 Å². The van der Waals surface area contributed by atoms with Gasteiger partial charge in [0.15, 0.2) is 0 Å². The van der Waals surface area contributed by atoms with E-state index >= 15 is 0 Å². The van der Waals surface area contributed by atoms with E-state index in [0.717, 1.165) is 5.56 Å². The number of rotatable bonds is 6. The lowest BCUT2D eigenvalue weighted by Gasteiger charge is -2.15. The van der Waals surface area contributed by atoms with Crippen LogP contribution in [0.15, 0.2) is 89.8 Å². The summed E-state index contributed by atoms with van der Waals surface area (Å²) in [6, 6.07) is 24.0. The first-order valence-corrected chi connectivity index (χ1v) is 9.98. The van der Waals surface area contributed by atoms with E-state index in [1.807, 2.05) is 37.3 Å². The minimum absolute atomic E-state index is 0.164. The third-order valence-electron chi connectivity index (χ3n) is 4.08. The van der Waals surface area contributed by atoms with Gasteiger partial charge in [-0.3, -0.25) is 9.52 Å². The normalized spacial score (nSPS) is 12.2. The maximum atomic E-state index is 12.5. The Balaban J connectivity index is 1.74. The Kier molecular flexibility index (Phi) is 5.57. The first kappa shape index (κ1) is 18.7. The molecule has 2 N–H and O–H groups in total. The van der Waals surface area contributed by atoms with Crippen LogP contribution in [0.3, 0.4) is 0 Å². The lowest BCUT2D eigenvalue weighted by Crippen LogP contribution is -2.26. The van der Waals surface area contributed by atoms with Crippen molar-refractivity contribution in [1.29, 1.82) is 0 Å². The van der Waals surface area contributed by atoms with Gasteiger partial charge in [-0.15, -0.1) is 0 Å². The molecule has 0 fully saturated rings. The first-order valence-electron chi connectivity index (χ1n) is 8.49. The van der Waals surface area contributed by atoms with Crippen molar-refractivity contribution in [1.82, 2.24) is 5.32 Å². The number of benzene rings is 3. The maximum absolute atomic E-state index is 12.5. The molecule has 0 bridgehead atoms. The highest BCUT2D eigenvalue weighted by molar-refractivity contribution is 7.92. The van der Waals surface area contributed by atoms with Gasteiger partial charge < -0.3 is 5.32 Å². The van der Waals surface area contributed by atoms with Crippen molar-refractivity contribution in [2.45, 2.75) is 17.9 Å². The van der Waals surface area contributed by atoms with E-state index in [-0.39, 0.29) is 16.8 Å². The van der Waals surface area contributed by atoms with Gasteiger partial charge in [0, 0.05) is 11.3 Å². The zero-order valence-electron chi connectivity index (χ0n) is 14.8. The Morgan fingerprint density at radius 2 is 1.48 bits per heavy atom. The lowest BCUT2D eigenvalue weighted by atomic mass is 10.1. The Hall–Kier alpha value is -3.12. The van der Waals surface area contributed by atoms with Crippen LogP contribution in [0.1, 0.15) is 28.9 Å². The van der Waals surface area contributed by atoms with Crippen LogP contribution in [-0.4, -0.2) is 14.3 Å². The number of sulfonamides is 1. The second-order valence-electron chi connectivity index (χ2n) is 6.11. The number of carbonyl (C=O) groups is 1. The molecule has 0 unspecified atom stereocenters. The molecular weight excluding hydrogens is 360 g/mol. The molecule has 0 aromatic heterocycles. The van der Waals surface area contributed by atoms with E-state index < -0.39 is 10.0 Å². The fourth-order valence-electron chi connectivity index (χ4n) is 2.64. The molecular formula is C21H20N2O3S. The molecule has 3 aromatic rings. The smallest absolute Gasteiger partial charge is 0.261 e. The summed E-state index contributed by atoms with van der Waals surface area (Å²) in [6.45, 7) is 1.90. The van der Waals surface area contributed by atoms with Crippen molar-refractivity contribution >= 4 is 21.6 Å². The number of hydrogen-bond donors (Lipinski definition) is 2. The highest BCUT2D eigenvalue weighted by atomic mass is 32.2. The fourth-order valence-corrected chi connectivity index (χ4v) is 3.71. The number of anilines is 1. The Labute approximate surface area is 159 Å². The molecule has 5 nitrogen and oxygen atoms in total. The van der Waals surface area contributed by atoms with Crippen LogP contribution in [0, 0.1) is 0 Å². The Morgan fingerprint density at radius 1 is 0.852 bits per heavy atom. The van der Waals surface area contributed by atoms with Crippen molar-refractivity contribution < 1.29 is 13.2 Å². The topological polar surface area (TPSA) is 75.3 Å². The van der Waals surface area contributed by atoms with Gasteiger partial charge >= 0.3 is 0 Å². The van der Waals surface area contributed by atoms with Gasteiger partial charge in [0.25, 0.3) is 15.9 Å². The number of hydrogen-bond acceptors (Lipinski definition) is 3. The predicted octanol–water partition coefficient (Wildman–Crippen LogP) is 3.98. The SMILES string of the molecule is C[C@H](NC(=O)c1cccc(NS(=O)(=O)c2ccccc2)c1)c1ccccc1. The second kappa shape index (κ2) is 8.05. The van der Waals surface area contributed by atoms with Crippen LogP contribution in [0.25, 0.3) is 0 Å². The average Bonchev–Trinajstić information content (AvgIpc) is 2.69. The molecule has 0 aliphatic carbocycles. The first-order chi connectivity index (χ1) is 13.0. The largest absolute Gasteiger partial charge is 0.346 e. The van der Waals surface area contributed by atoms with Crippen LogP contribution in [0.5, 0.6) is 0 Å². The summed E-state index contributed by atoms with van der Waals surface area (Å²) in [5.41, 5.74) is 1.71. The quantitative estimate of drug-likeness (QED) is 0.679. The van der Waals surface area contributed by atoms with E-state index in [1.165, 1.54) is 18.2 Å².